The Morgan fingerprint density at radius 2 is 2.31 bits per heavy atom. The molecular weight excluding hydrogens is 200 g/mol. The third-order valence-corrected chi connectivity index (χ3v) is 3.08. The van der Waals surface area contributed by atoms with Crippen LogP contribution >= 0.6 is 0 Å². The minimum atomic E-state index is 0.123. The fourth-order valence-electron chi connectivity index (χ4n) is 2.16. The Labute approximate surface area is 95.9 Å². The summed E-state index contributed by atoms with van der Waals surface area (Å²) in [7, 11) is 1.62. The van der Waals surface area contributed by atoms with Crippen molar-refractivity contribution >= 4 is 5.78 Å². The number of carbonyl (C=O) groups is 1. The van der Waals surface area contributed by atoms with Gasteiger partial charge in [0.2, 0.25) is 0 Å². The molecule has 0 spiro atoms. The predicted octanol–water partition coefficient (Wildman–Crippen LogP) is 3.02. The molecule has 16 heavy (non-hydrogen) atoms. The van der Waals surface area contributed by atoms with E-state index in [9.17, 15) is 4.79 Å². The van der Waals surface area contributed by atoms with E-state index in [0.717, 1.165) is 29.7 Å². The first-order valence-corrected chi connectivity index (χ1v) is 5.58. The van der Waals surface area contributed by atoms with Crippen molar-refractivity contribution in [1.29, 1.82) is 0 Å². The molecule has 0 fully saturated rings. The Morgan fingerprint density at radius 3 is 3.00 bits per heavy atom. The van der Waals surface area contributed by atoms with Gasteiger partial charge >= 0.3 is 0 Å². The Hall–Kier alpha value is -1.57. The molecule has 2 nitrogen and oxygen atoms in total. The fraction of sp³-hybridized carbons (Fsp3) is 0.357. The average molecular weight is 216 g/mol. The van der Waals surface area contributed by atoms with Gasteiger partial charge in [-0.05, 0) is 37.5 Å². The van der Waals surface area contributed by atoms with E-state index >= 15 is 0 Å². The van der Waals surface area contributed by atoms with E-state index in [-0.39, 0.29) is 11.7 Å². The lowest BCUT2D eigenvalue weighted by atomic mass is 10.0. The van der Waals surface area contributed by atoms with Gasteiger partial charge in [-0.1, -0.05) is 18.2 Å². The first-order chi connectivity index (χ1) is 7.76. The molecule has 0 radical (unpaired) electrons. The summed E-state index contributed by atoms with van der Waals surface area (Å²) in [4.78, 5) is 12.1. The van der Waals surface area contributed by atoms with Gasteiger partial charge in [-0.3, -0.25) is 4.79 Å². The van der Waals surface area contributed by atoms with E-state index < -0.39 is 0 Å². The van der Waals surface area contributed by atoms with Gasteiger partial charge in [-0.25, -0.2) is 0 Å². The topological polar surface area (TPSA) is 26.3 Å². The number of ether oxygens (including phenoxy) is 1. The van der Waals surface area contributed by atoms with Crippen LogP contribution in [0.15, 0.2) is 30.4 Å². The Kier molecular flexibility index (Phi) is 3.09. The van der Waals surface area contributed by atoms with Crippen molar-refractivity contribution < 1.29 is 9.53 Å². The smallest absolute Gasteiger partial charge is 0.166 e. The van der Waals surface area contributed by atoms with Crippen LogP contribution in [0.4, 0.5) is 0 Å². The number of fused-ring (bicyclic) bond motifs is 1. The second-order valence-electron chi connectivity index (χ2n) is 4.09. The van der Waals surface area contributed by atoms with Crippen molar-refractivity contribution in [2.75, 3.05) is 7.11 Å². The van der Waals surface area contributed by atoms with Gasteiger partial charge in [0.1, 0.15) is 5.75 Å². The largest absolute Gasteiger partial charge is 0.497 e. The van der Waals surface area contributed by atoms with E-state index in [1.165, 1.54) is 0 Å². The molecule has 0 N–H and O–H groups in total. The van der Waals surface area contributed by atoms with Crippen molar-refractivity contribution in [1.82, 2.24) is 0 Å². The van der Waals surface area contributed by atoms with Crippen LogP contribution < -0.4 is 4.74 Å². The quantitative estimate of drug-likeness (QED) is 0.726. The maximum Gasteiger partial charge on any atom is 0.166 e. The summed E-state index contributed by atoms with van der Waals surface area (Å²) in [5, 5.41) is 0. The summed E-state index contributed by atoms with van der Waals surface area (Å²) in [6, 6.07) is 5.78. The van der Waals surface area contributed by atoms with Crippen LogP contribution in [0.1, 0.15) is 29.3 Å². The highest BCUT2D eigenvalue weighted by Gasteiger charge is 2.29. The molecule has 1 unspecified atom stereocenters. The van der Waals surface area contributed by atoms with Crippen LogP contribution in [0.2, 0.25) is 0 Å². The molecule has 0 heterocycles. The molecule has 2 heteroatoms. The Balaban J connectivity index is 2.24. The number of allylic oxidation sites excluding steroid dienone is 2. The second kappa shape index (κ2) is 4.52. The van der Waals surface area contributed by atoms with Crippen molar-refractivity contribution in [2.45, 2.75) is 19.8 Å². The third-order valence-electron chi connectivity index (χ3n) is 3.08. The normalized spacial score (nSPS) is 19.1. The minimum Gasteiger partial charge on any atom is -0.497 e. The first kappa shape index (κ1) is 10.9. The van der Waals surface area contributed by atoms with Crippen LogP contribution in [0.25, 0.3) is 0 Å². The summed E-state index contributed by atoms with van der Waals surface area (Å²) in [5.74, 6) is 1.14. The van der Waals surface area contributed by atoms with Crippen LogP contribution in [0.3, 0.4) is 0 Å². The highest BCUT2D eigenvalue weighted by atomic mass is 16.5. The summed E-state index contributed by atoms with van der Waals surface area (Å²) < 4.78 is 5.14. The van der Waals surface area contributed by atoms with E-state index in [4.69, 9.17) is 4.74 Å². The highest BCUT2D eigenvalue weighted by molar-refractivity contribution is 6.02. The number of benzene rings is 1. The molecule has 0 aromatic heterocycles. The third kappa shape index (κ3) is 1.87. The molecule has 0 saturated carbocycles. The SMILES string of the molecule is C/C=C/CC1Cc2ccc(OC)cc2C1=O. The molecule has 1 aliphatic carbocycles. The summed E-state index contributed by atoms with van der Waals surface area (Å²) >= 11 is 0. The zero-order valence-corrected chi connectivity index (χ0v) is 9.69. The van der Waals surface area contributed by atoms with E-state index in [1.807, 2.05) is 31.2 Å². The summed E-state index contributed by atoms with van der Waals surface area (Å²) in [6.45, 7) is 1.98. The highest BCUT2D eigenvalue weighted by Crippen LogP contribution is 2.31. The molecule has 1 atom stereocenters. The van der Waals surface area contributed by atoms with Gasteiger partial charge in [0.25, 0.3) is 0 Å². The van der Waals surface area contributed by atoms with Gasteiger partial charge < -0.3 is 4.74 Å². The Morgan fingerprint density at radius 1 is 1.50 bits per heavy atom. The molecule has 0 saturated heterocycles. The van der Waals surface area contributed by atoms with Crippen LogP contribution in [0.5, 0.6) is 5.75 Å². The average Bonchev–Trinajstić information content (AvgIpc) is 2.63. The Bertz CT molecular complexity index is 432. The van der Waals surface area contributed by atoms with Crippen LogP contribution in [-0.4, -0.2) is 12.9 Å². The lowest BCUT2D eigenvalue weighted by Gasteiger charge is -2.02. The number of hydrogen-bond acceptors (Lipinski definition) is 2. The number of hydrogen-bond donors (Lipinski definition) is 0. The van der Waals surface area contributed by atoms with E-state index in [1.54, 1.807) is 7.11 Å². The zero-order valence-electron chi connectivity index (χ0n) is 9.69. The molecule has 84 valence electrons. The van der Waals surface area contributed by atoms with Crippen molar-refractivity contribution in [3.05, 3.63) is 41.5 Å². The van der Waals surface area contributed by atoms with E-state index in [2.05, 4.69) is 6.08 Å². The number of rotatable bonds is 3. The van der Waals surface area contributed by atoms with Crippen LogP contribution in [-0.2, 0) is 6.42 Å². The first-order valence-electron chi connectivity index (χ1n) is 5.58. The van der Waals surface area contributed by atoms with Gasteiger partial charge in [-0.15, -0.1) is 0 Å². The van der Waals surface area contributed by atoms with Crippen LogP contribution in [0, 0.1) is 5.92 Å². The lowest BCUT2D eigenvalue weighted by Crippen LogP contribution is -2.07. The number of methoxy groups -OCH3 is 1. The number of carbonyl (C=O) groups excluding carboxylic acids is 1. The van der Waals surface area contributed by atoms with Gasteiger partial charge in [0.05, 0.1) is 7.11 Å². The fourth-order valence-corrected chi connectivity index (χ4v) is 2.16. The van der Waals surface area contributed by atoms with E-state index in [0.29, 0.717) is 0 Å². The molecule has 0 aliphatic heterocycles. The minimum absolute atomic E-state index is 0.123. The zero-order chi connectivity index (χ0) is 11.5. The monoisotopic (exact) mass is 216 g/mol. The molecule has 2 rings (SSSR count). The molecule has 1 aliphatic rings. The standard InChI is InChI=1S/C14H16O2/c1-3-4-5-11-8-10-6-7-12(16-2)9-13(10)14(11)15/h3-4,6-7,9,11H,5,8H2,1-2H3/b4-3+. The molecule has 0 bridgehead atoms. The number of ketones is 1. The molecular formula is C14H16O2. The van der Waals surface area contributed by atoms with Gasteiger partial charge in [0.15, 0.2) is 5.78 Å². The van der Waals surface area contributed by atoms with Gasteiger partial charge in [-0.2, -0.15) is 0 Å². The van der Waals surface area contributed by atoms with Crippen molar-refractivity contribution in [3.8, 4) is 5.75 Å². The summed E-state index contributed by atoms with van der Waals surface area (Å²) in [6.07, 6.45) is 5.76. The molecule has 0 amide bonds. The maximum atomic E-state index is 12.1. The lowest BCUT2D eigenvalue weighted by molar-refractivity contribution is 0.0937. The van der Waals surface area contributed by atoms with Crippen molar-refractivity contribution in [2.24, 2.45) is 5.92 Å². The number of Topliss-reactive ketones (excluding diaryl/α,β-unsaturated/α-hetero) is 1. The molecule has 1 aromatic carbocycles. The van der Waals surface area contributed by atoms with Gasteiger partial charge in [0, 0.05) is 11.5 Å². The second-order valence-corrected chi connectivity index (χ2v) is 4.09. The van der Waals surface area contributed by atoms with Crippen molar-refractivity contribution in [3.63, 3.8) is 0 Å². The maximum absolute atomic E-state index is 12.1. The summed E-state index contributed by atoms with van der Waals surface area (Å²) in [5.41, 5.74) is 1.99. The predicted molar refractivity (Wildman–Crippen MR) is 63.9 cm³/mol. The molecule has 1 aromatic rings.